The molecule has 3 nitrogen and oxygen atoms in total. The Hall–Kier alpha value is -1.90. The topological polar surface area (TPSA) is 50.2 Å². The third kappa shape index (κ3) is 2.60. The van der Waals surface area contributed by atoms with Gasteiger partial charge in [-0.25, -0.2) is 0 Å². The lowest BCUT2D eigenvalue weighted by Crippen LogP contribution is -2.12. The summed E-state index contributed by atoms with van der Waals surface area (Å²) in [5.74, 6) is -1.30. The number of carboxylic acid groups (broad SMARTS) is 1. The van der Waals surface area contributed by atoms with Crippen LogP contribution in [-0.2, 0) is 10.2 Å². The Morgan fingerprint density at radius 3 is 2.53 bits per heavy atom. The first-order chi connectivity index (χ1) is 8.80. The average Bonchev–Trinajstić information content (AvgIpc) is 2.35. The lowest BCUT2D eigenvalue weighted by Gasteiger charge is -2.21. The van der Waals surface area contributed by atoms with Crippen LogP contribution in [0.1, 0.15) is 44.7 Å². The van der Waals surface area contributed by atoms with Crippen LogP contribution in [0.25, 0.3) is 10.8 Å². The average molecular weight is 257 g/mol. The van der Waals surface area contributed by atoms with Crippen LogP contribution < -0.4 is 0 Å². The van der Waals surface area contributed by atoms with E-state index >= 15 is 0 Å². The summed E-state index contributed by atoms with van der Waals surface area (Å²) in [5.41, 5.74) is 2.01. The number of aliphatic carboxylic acids is 1. The van der Waals surface area contributed by atoms with Crippen LogP contribution in [0.5, 0.6) is 0 Å². The van der Waals surface area contributed by atoms with Gasteiger partial charge in [0.15, 0.2) is 0 Å². The van der Waals surface area contributed by atoms with Gasteiger partial charge in [-0.15, -0.1) is 0 Å². The Bertz CT molecular complexity index is 626. The van der Waals surface area contributed by atoms with Crippen molar-refractivity contribution < 1.29 is 9.90 Å². The maximum absolute atomic E-state index is 11.0. The van der Waals surface area contributed by atoms with E-state index in [4.69, 9.17) is 5.11 Å². The summed E-state index contributed by atoms with van der Waals surface area (Å²) in [6.07, 6.45) is 3.69. The first kappa shape index (κ1) is 13.5. The van der Waals surface area contributed by atoms with Crippen LogP contribution in [0.4, 0.5) is 0 Å². The van der Waals surface area contributed by atoms with Crippen LogP contribution in [0.15, 0.2) is 30.6 Å². The van der Waals surface area contributed by atoms with E-state index in [0.29, 0.717) is 0 Å². The smallest absolute Gasteiger partial charge is 0.310 e. The van der Waals surface area contributed by atoms with Crippen LogP contribution in [0.3, 0.4) is 0 Å². The molecule has 0 amide bonds. The molecule has 0 fully saturated rings. The molecular weight excluding hydrogens is 238 g/mol. The maximum Gasteiger partial charge on any atom is 0.310 e. The molecule has 0 aliphatic carbocycles. The van der Waals surface area contributed by atoms with E-state index in [0.717, 1.165) is 16.3 Å². The highest BCUT2D eigenvalue weighted by atomic mass is 16.4. The van der Waals surface area contributed by atoms with Crippen molar-refractivity contribution in [1.29, 1.82) is 0 Å². The second-order valence-electron chi connectivity index (χ2n) is 5.98. The summed E-state index contributed by atoms with van der Waals surface area (Å²) < 4.78 is 0. The number of pyridine rings is 1. The molecule has 1 aromatic heterocycles. The molecule has 1 unspecified atom stereocenters. The van der Waals surface area contributed by atoms with E-state index in [2.05, 4.69) is 25.8 Å². The molecule has 2 aromatic rings. The monoisotopic (exact) mass is 257 g/mol. The van der Waals surface area contributed by atoms with Crippen LogP contribution in [-0.4, -0.2) is 16.1 Å². The number of hydrogen-bond donors (Lipinski definition) is 1. The summed E-state index contributed by atoms with van der Waals surface area (Å²) in [5, 5.41) is 11.2. The van der Waals surface area contributed by atoms with Gasteiger partial charge in [-0.2, -0.15) is 0 Å². The molecule has 3 heteroatoms. The summed E-state index contributed by atoms with van der Waals surface area (Å²) >= 11 is 0. The minimum Gasteiger partial charge on any atom is -0.481 e. The van der Waals surface area contributed by atoms with Crippen molar-refractivity contribution >= 4 is 16.7 Å². The Balaban J connectivity index is 2.61. The van der Waals surface area contributed by atoms with Gasteiger partial charge < -0.3 is 5.11 Å². The Kier molecular flexibility index (Phi) is 3.31. The molecule has 100 valence electrons. The molecule has 0 saturated carbocycles. The van der Waals surface area contributed by atoms with Crippen molar-refractivity contribution in [3.8, 4) is 0 Å². The first-order valence-corrected chi connectivity index (χ1v) is 6.41. The van der Waals surface area contributed by atoms with Crippen LogP contribution >= 0.6 is 0 Å². The van der Waals surface area contributed by atoms with Gasteiger partial charge in [0, 0.05) is 17.8 Å². The van der Waals surface area contributed by atoms with Gasteiger partial charge >= 0.3 is 5.97 Å². The van der Waals surface area contributed by atoms with E-state index in [9.17, 15) is 4.79 Å². The predicted molar refractivity (Wildman–Crippen MR) is 76.5 cm³/mol. The Morgan fingerprint density at radius 2 is 1.95 bits per heavy atom. The van der Waals surface area contributed by atoms with Gasteiger partial charge in [0.2, 0.25) is 0 Å². The fraction of sp³-hybridized carbons (Fsp3) is 0.375. The zero-order valence-electron chi connectivity index (χ0n) is 11.8. The van der Waals surface area contributed by atoms with Gasteiger partial charge in [0.1, 0.15) is 0 Å². The fourth-order valence-corrected chi connectivity index (χ4v) is 2.20. The molecule has 0 bridgehead atoms. The van der Waals surface area contributed by atoms with Crippen molar-refractivity contribution in [3.05, 3.63) is 41.7 Å². The van der Waals surface area contributed by atoms with E-state index in [1.165, 1.54) is 5.56 Å². The van der Waals surface area contributed by atoms with E-state index in [-0.39, 0.29) is 5.41 Å². The fourth-order valence-electron chi connectivity index (χ4n) is 2.20. The van der Waals surface area contributed by atoms with Crippen molar-refractivity contribution in [2.75, 3.05) is 0 Å². The van der Waals surface area contributed by atoms with Gasteiger partial charge in [0.05, 0.1) is 5.92 Å². The number of rotatable bonds is 2. The molecule has 1 aromatic carbocycles. The van der Waals surface area contributed by atoms with E-state index in [1.807, 2.05) is 24.4 Å². The number of carboxylic acids is 1. The zero-order valence-corrected chi connectivity index (χ0v) is 11.8. The Labute approximate surface area is 113 Å². The summed E-state index contributed by atoms with van der Waals surface area (Å²) in [7, 11) is 0. The number of carbonyl (C=O) groups is 1. The van der Waals surface area contributed by atoms with Crippen molar-refractivity contribution in [2.24, 2.45) is 0 Å². The van der Waals surface area contributed by atoms with Gasteiger partial charge in [-0.1, -0.05) is 32.9 Å². The zero-order chi connectivity index (χ0) is 14.2. The molecule has 0 radical (unpaired) electrons. The molecule has 0 aliphatic rings. The van der Waals surface area contributed by atoms with Crippen LogP contribution in [0.2, 0.25) is 0 Å². The van der Waals surface area contributed by atoms with E-state index < -0.39 is 11.9 Å². The minimum atomic E-state index is -0.806. The summed E-state index contributed by atoms with van der Waals surface area (Å²) in [6.45, 7) is 8.15. The molecular formula is C16H19NO2. The van der Waals surface area contributed by atoms with Gasteiger partial charge in [0.25, 0.3) is 0 Å². The van der Waals surface area contributed by atoms with Gasteiger partial charge in [-0.05, 0) is 34.9 Å². The molecule has 0 aliphatic heterocycles. The maximum atomic E-state index is 11.0. The normalized spacial score (nSPS) is 13.5. The third-order valence-corrected chi connectivity index (χ3v) is 3.46. The number of aromatic nitrogens is 1. The highest BCUT2D eigenvalue weighted by molar-refractivity contribution is 5.87. The Morgan fingerprint density at radius 1 is 1.26 bits per heavy atom. The quantitative estimate of drug-likeness (QED) is 0.892. The largest absolute Gasteiger partial charge is 0.481 e. The summed E-state index contributed by atoms with van der Waals surface area (Å²) in [6, 6.07) is 5.83. The molecule has 1 N–H and O–H groups in total. The number of fused-ring (bicyclic) bond motifs is 1. The molecule has 0 spiro atoms. The first-order valence-electron chi connectivity index (χ1n) is 6.41. The number of benzene rings is 1. The highest BCUT2D eigenvalue weighted by Gasteiger charge is 2.19. The summed E-state index contributed by atoms with van der Waals surface area (Å²) in [4.78, 5) is 15.3. The second kappa shape index (κ2) is 4.65. The van der Waals surface area contributed by atoms with Crippen molar-refractivity contribution in [2.45, 2.75) is 39.0 Å². The van der Waals surface area contributed by atoms with Crippen molar-refractivity contribution in [3.63, 3.8) is 0 Å². The SMILES string of the molecule is CC(C(=O)O)c1ccc2c(C(C)(C)C)cncc2c1. The number of hydrogen-bond acceptors (Lipinski definition) is 2. The molecule has 2 rings (SSSR count). The van der Waals surface area contributed by atoms with Crippen LogP contribution in [0, 0.1) is 0 Å². The molecule has 1 heterocycles. The lowest BCUT2D eigenvalue weighted by molar-refractivity contribution is -0.138. The third-order valence-electron chi connectivity index (χ3n) is 3.46. The van der Waals surface area contributed by atoms with E-state index in [1.54, 1.807) is 13.1 Å². The standard InChI is InChI=1S/C16H19NO2/c1-10(15(18)19)11-5-6-13-12(7-11)8-17-9-14(13)16(2,3)4/h5-10H,1-4H3,(H,18,19). The lowest BCUT2D eigenvalue weighted by atomic mass is 9.84. The van der Waals surface area contributed by atoms with Gasteiger partial charge in [-0.3, -0.25) is 9.78 Å². The minimum absolute atomic E-state index is 0.0203. The second-order valence-corrected chi connectivity index (χ2v) is 5.98. The van der Waals surface area contributed by atoms with Crippen molar-refractivity contribution in [1.82, 2.24) is 4.98 Å². The predicted octanol–water partition coefficient (Wildman–Crippen LogP) is 3.72. The number of nitrogens with zero attached hydrogens (tertiary/aromatic N) is 1. The molecule has 1 atom stereocenters. The molecule has 0 saturated heterocycles. The molecule has 19 heavy (non-hydrogen) atoms. The highest BCUT2D eigenvalue weighted by Crippen LogP contribution is 2.30.